The minimum atomic E-state index is -6.10. The van der Waals surface area contributed by atoms with E-state index in [1.807, 2.05) is 0 Å². The summed E-state index contributed by atoms with van der Waals surface area (Å²) in [5.41, 5.74) is 0. The van der Waals surface area contributed by atoms with E-state index in [9.17, 15) is 0 Å². The summed E-state index contributed by atoms with van der Waals surface area (Å²) >= 11 is -6.10. The second-order valence-corrected chi connectivity index (χ2v) is 3.00. The quantitative estimate of drug-likeness (QED) is 0.403. The van der Waals surface area contributed by atoms with Gasteiger partial charge in [0, 0.05) is 0 Å². The van der Waals surface area contributed by atoms with Crippen LogP contribution in [0.5, 0.6) is 0 Å². The Kier molecular flexibility index (Phi) is 25.5. The van der Waals surface area contributed by atoms with E-state index in [2.05, 4.69) is 0 Å². The van der Waals surface area contributed by atoms with Crippen LogP contribution in [-0.4, -0.2) is 20.1 Å². The fourth-order valence-corrected chi connectivity index (χ4v) is 0. The molecule has 0 rings (SSSR count). The van der Waals surface area contributed by atoms with E-state index in [4.69, 9.17) is 13.2 Å². The maximum absolute atomic E-state index is 8.64. The van der Waals surface area contributed by atoms with Crippen molar-refractivity contribution in [3.8, 4) is 0 Å². The molecule has 0 bridgehead atoms. The Bertz CT molecular complexity index is 57.4. The second kappa shape index (κ2) is 9.06. The van der Waals surface area contributed by atoms with Crippen LogP contribution in [0.4, 0.5) is 0 Å². The molecule has 0 atom stereocenters. The van der Waals surface area contributed by atoms with Gasteiger partial charge < -0.3 is 0 Å². The Morgan fingerprint density at radius 1 is 0.875 bits per heavy atom. The third kappa shape index (κ3) is 94.9. The molecule has 0 aromatic rings. The van der Waals surface area contributed by atoms with Gasteiger partial charge in [-0.15, -0.1) is 0 Å². The van der Waals surface area contributed by atoms with Crippen LogP contribution in [-0.2, 0) is 54.2 Å². The van der Waals surface area contributed by atoms with Crippen molar-refractivity contribution in [3.63, 3.8) is 0 Å². The van der Waals surface area contributed by atoms with Crippen molar-refractivity contribution in [1.29, 1.82) is 0 Å². The summed E-state index contributed by atoms with van der Waals surface area (Å²) < 4.78 is 34.6. The van der Waals surface area contributed by atoms with E-state index in [0.717, 1.165) is 0 Å². The molecule has 0 fully saturated rings. The predicted octanol–water partition coefficient (Wildman–Crippen LogP) is -4.07. The second-order valence-electron chi connectivity index (χ2n) is 0.447. The fraction of sp³-hybridized carbons (Fsp3) is 0. The molecule has 0 N–H and O–H groups in total. The minimum absolute atomic E-state index is 0. The van der Waals surface area contributed by atoms with Crippen molar-refractivity contribution in [2.24, 2.45) is 0 Å². The maximum atomic E-state index is 8.64. The predicted molar refractivity (Wildman–Crippen MR) is 6.44 cm³/mol. The van der Waals surface area contributed by atoms with Crippen LogP contribution in [0, 0.1) is 0 Å². The van der Waals surface area contributed by atoms with Crippen molar-refractivity contribution in [2.45, 2.75) is 0 Å². The van der Waals surface area contributed by atoms with Crippen molar-refractivity contribution >= 4 is 20.1 Å². The van der Waals surface area contributed by atoms with Gasteiger partial charge in [-0.1, -0.05) is 0 Å². The molecule has 0 saturated heterocycles. The molecule has 4 nitrogen and oxygen atoms in total. The van der Waals surface area contributed by atoms with Gasteiger partial charge in [-0.25, -0.2) is 0 Å². The zero-order chi connectivity index (χ0) is 4.50. The molecule has 0 saturated carbocycles. The van der Waals surface area contributed by atoms with Crippen LogP contribution < -0.4 is 10.2 Å². The van der Waals surface area contributed by atoms with Crippen LogP contribution in [0.25, 0.3) is 0 Å². The van der Waals surface area contributed by atoms with Crippen LogP contribution in [0.15, 0.2) is 0 Å². The van der Waals surface area contributed by atoms with Crippen LogP contribution >= 0.6 is 0 Å². The fourth-order valence-electron chi connectivity index (χ4n) is 0. The van der Waals surface area contributed by atoms with E-state index >= 15 is 0 Å². The zero-order valence-electron chi connectivity index (χ0n) is 2.98. The molecule has 0 amide bonds. The van der Waals surface area contributed by atoms with Crippen molar-refractivity contribution < 1.29 is 64.4 Å². The molecule has 0 aromatic carbocycles. The molecule has 0 aromatic heterocycles. The summed E-state index contributed by atoms with van der Waals surface area (Å²) in [6.45, 7) is 0. The first kappa shape index (κ1) is 22.5. The Morgan fingerprint density at radius 3 is 0.875 bits per heavy atom. The summed E-state index contributed by atoms with van der Waals surface area (Å²) in [6.07, 6.45) is 0. The molecular weight excluding hydrogens is 376 g/mol. The van der Waals surface area contributed by atoms with Crippen molar-refractivity contribution in [3.05, 3.63) is 0 Å². The van der Waals surface area contributed by atoms with E-state index in [0.29, 0.717) is 0 Å². The first-order valence-corrected chi connectivity index (χ1v) is 4.90. The molecule has 0 aliphatic heterocycles. The average molecular weight is 376 g/mol. The van der Waals surface area contributed by atoms with Gasteiger partial charge in [0.1, 0.15) is 0 Å². The third-order valence-electron chi connectivity index (χ3n) is 0. The molecule has 0 heterocycles. The van der Waals surface area contributed by atoms with E-state index in [1.54, 1.807) is 0 Å². The standard InChI is InChI=1S/3Cu.4O.Sb/q3*+1;;3*-1;. The zero-order valence-corrected chi connectivity index (χ0v) is 8.36. The molecule has 0 aliphatic rings. The molecule has 8 heavy (non-hydrogen) atoms. The molecule has 0 unspecified atom stereocenters. The van der Waals surface area contributed by atoms with Crippen molar-refractivity contribution in [2.75, 3.05) is 0 Å². The van der Waals surface area contributed by atoms with Gasteiger partial charge in [0.05, 0.1) is 0 Å². The molecule has 0 radical (unpaired) electrons. The number of hydrogen-bond acceptors (Lipinski definition) is 4. The molecule has 0 spiro atoms. The Hall–Kier alpha value is 2.06. The first-order valence-electron chi connectivity index (χ1n) is 0.730. The van der Waals surface area contributed by atoms with Crippen LogP contribution in [0.2, 0.25) is 0 Å². The third-order valence-corrected chi connectivity index (χ3v) is 0. The Morgan fingerprint density at radius 2 is 0.875 bits per heavy atom. The number of hydrogen-bond donors (Lipinski definition) is 0. The van der Waals surface area contributed by atoms with E-state index < -0.39 is 20.1 Å². The normalized spacial score (nSPS) is 7.38. The van der Waals surface area contributed by atoms with E-state index in [1.165, 1.54) is 0 Å². The molecule has 8 heteroatoms. The summed E-state index contributed by atoms with van der Waals surface area (Å²) in [5, 5.41) is 0. The molecule has 62 valence electrons. The summed E-state index contributed by atoms with van der Waals surface area (Å²) in [5.74, 6) is 0. The van der Waals surface area contributed by atoms with Gasteiger partial charge in [0.2, 0.25) is 0 Å². The van der Waals surface area contributed by atoms with Gasteiger partial charge in [0.25, 0.3) is 0 Å². The van der Waals surface area contributed by atoms with E-state index in [-0.39, 0.29) is 51.2 Å². The monoisotopic (exact) mass is 374 g/mol. The van der Waals surface area contributed by atoms with Gasteiger partial charge in [-0.2, -0.15) is 0 Å². The average Bonchev–Trinajstić information content (AvgIpc) is 0.722. The van der Waals surface area contributed by atoms with Gasteiger partial charge >= 0.3 is 84.4 Å². The van der Waals surface area contributed by atoms with Crippen LogP contribution in [0.1, 0.15) is 0 Å². The molecular formula is Cu3O4Sb. The van der Waals surface area contributed by atoms with Crippen LogP contribution in [0.3, 0.4) is 0 Å². The summed E-state index contributed by atoms with van der Waals surface area (Å²) in [4.78, 5) is 0. The summed E-state index contributed by atoms with van der Waals surface area (Å²) in [7, 11) is 0. The molecule has 0 aliphatic carbocycles. The number of rotatable bonds is 0. The van der Waals surface area contributed by atoms with Crippen molar-refractivity contribution in [1.82, 2.24) is 0 Å². The van der Waals surface area contributed by atoms with Gasteiger partial charge in [-0.05, 0) is 0 Å². The van der Waals surface area contributed by atoms with Gasteiger partial charge in [-0.3, -0.25) is 0 Å². The Balaban J connectivity index is -0.0000000267. The topological polar surface area (TPSA) is 86.2 Å². The summed E-state index contributed by atoms with van der Waals surface area (Å²) in [6, 6.07) is 0. The Labute approximate surface area is 83.5 Å². The first-order chi connectivity index (χ1) is 2.00. The van der Waals surface area contributed by atoms with Gasteiger partial charge in [0.15, 0.2) is 0 Å². The SMILES string of the molecule is [Cu+].[Cu+].[Cu+].[O]=[Sb]([O-])([O-])[O-].